The van der Waals surface area contributed by atoms with E-state index in [-0.39, 0.29) is 5.41 Å². The van der Waals surface area contributed by atoms with Crippen molar-refractivity contribution >= 4 is 80.4 Å². The summed E-state index contributed by atoms with van der Waals surface area (Å²) in [4.78, 5) is 0. The molecule has 0 bridgehead atoms. The van der Waals surface area contributed by atoms with Crippen molar-refractivity contribution in [2.75, 3.05) is 0 Å². The molecule has 0 atom stereocenters. The normalized spacial score (nSPS) is 13.8. The molecule has 2 aliphatic carbocycles. The average Bonchev–Trinajstić information content (AvgIpc) is 4.00. The summed E-state index contributed by atoms with van der Waals surface area (Å²) < 4.78 is 5.23. The minimum atomic E-state index is -0.369. The van der Waals surface area contributed by atoms with Crippen molar-refractivity contribution in [1.29, 1.82) is 0 Å². The molecule has 262 valence electrons. The Morgan fingerprint density at radius 3 is 1.70 bits per heavy atom. The molecule has 0 aliphatic heterocycles. The summed E-state index contributed by atoms with van der Waals surface area (Å²) >= 11 is 1.91. The molecule has 0 amide bonds. The Labute approximate surface area is 332 Å². The molecule has 2 aliphatic rings. The number of aromatic nitrogens is 1. The van der Waals surface area contributed by atoms with Gasteiger partial charge in [-0.2, -0.15) is 0 Å². The third-order valence-electron chi connectivity index (χ3n) is 13.4. The van der Waals surface area contributed by atoms with Crippen LogP contribution in [0.3, 0.4) is 0 Å². The van der Waals surface area contributed by atoms with E-state index in [1.807, 2.05) is 11.3 Å². The van der Waals surface area contributed by atoms with E-state index in [2.05, 4.69) is 192 Å². The van der Waals surface area contributed by atoms with Gasteiger partial charge in [-0.25, -0.2) is 0 Å². The van der Waals surface area contributed by atoms with Crippen molar-refractivity contribution in [2.45, 2.75) is 5.41 Å². The average molecular weight is 738 g/mol. The standard InChI is InChI=1S/C55H31NS/c1-2-14-35-34(13-1)38-17-6-10-25-47(38)56-48-29-27-32(31-42(48)40-28-30-50-53(54(40)56)52-39(35)20-12-26-49(52)57-50)33-19-11-24-46-51(33)41-18-5-9-23-45(41)55(46)43-21-7-3-15-36(43)37-16-4-8-22-44(37)55/h1-31H. The van der Waals surface area contributed by atoms with Gasteiger partial charge in [-0.1, -0.05) is 158 Å². The van der Waals surface area contributed by atoms with Crippen molar-refractivity contribution in [2.24, 2.45) is 0 Å². The van der Waals surface area contributed by atoms with Gasteiger partial charge in [-0.3, -0.25) is 0 Å². The molecule has 0 unspecified atom stereocenters. The van der Waals surface area contributed by atoms with Crippen LogP contribution in [0, 0.1) is 0 Å². The second kappa shape index (κ2) is 10.6. The van der Waals surface area contributed by atoms with Crippen LogP contribution in [0.4, 0.5) is 0 Å². The smallest absolute Gasteiger partial charge is 0.0725 e. The Bertz CT molecular complexity index is 3700. The van der Waals surface area contributed by atoms with Crippen LogP contribution in [0.1, 0.15) is 22.3 Å². The fourth-order valence-electron chi connectivity index (χ4n) is 11.3. The van der Waals surface area contributed by atoms with Crippen LogP contribution in [-0.4, -0.2) is 4.40 Å². The zero-order valence-corrected chi connectivity index (χ0v) is 31.6. The minimum absolute atomic E-state index is 0.369. The lowest BCUT2D eigenvalue weighted by Crippen LogP contribution is -2.25. The summed E-state index contributed by atoms with van der Waals surface area (Å²) in [6, 6.07) is 71.2. The number of nitrogens with zero attached hydrogens (tertiary/aromatic N) is 1. The number of hydrogen-bond donors (Lipinski definition) is 0. The maximum atomic E-state index is 2.57. The first-order chi connectivity index (χ1) is 28.3. The van der Waals surface area contributed by atoms with Gasteiger partial charge < -0.3 is 4.40 Å². The van der Waals surface area contributed by atoms with Crippen molar-refractivity contribution in [1.82, 2.24) is 4.40 Å². The summed E-state index contributed by atoms with van der Waals surface area (Å²) in [6.45, 7) is 0. The first kappa shape index (κ1) is 30.2. The third kappa shape index (κ3) is 3.58. The van der Waals surface area contributed by atoms with E-state index in [0.29, 0.717) is 0 Å². The number of rotatable bonds is 1. The van der Waals surface area contributed by atoms with Crippen LogP contribution in [0.2, 0.25) is 0 Å². The molecular formula is C55H31NS. The van der Waals surface area contributed by atoms with Crippen LogP contribution >= 0.6 is 11.3 Å². The van der Waals surface area contributed by atoms with Crippen LogP contribution in [0.25, 0.3) is 102 Å². The zero-order valence-electron chi connectivity index (χ0n) is 30.8. The molecular weight excluding hydrogens is 707 g/mol. The monoisotopic (exact) mass is 737 g/mol. The first-order valence-electron chi connectivity index (χ1n) is 19.9. The van der Waals surface area contributed by atoms with Gasteiger partial charge in [0.05, 0.1) is 22.0 Å². The van der Waals surface area contributed by atoms with E-state index in [1.54, 1.807) is 0 Å². The van der Waals surface area contributed by atoms with E-state index in [1.165, 1.54) is 125 Å². The highest BCUT2D eigenvalue weighted by atomic mass is 32.1. The summed E-state index contributed by atoms with van der Waals surface area (Å²) in [5.41, 5.74) is 16.7. The third-order valence-corrected chi connectivity index (χ3v) is 14.5. The van der Waals surface area contributed by atoms with Crippen molar-refractivity contribution < 1.29 is 0 Å². The molecule has 0 saturated carbocycles. The zero-order chi connectivity index (χ0) is 37.0. The highest BCUT2D eigenvalue weighted by Gasteiger charge is 2.51. The maximum absolute atomic E-state index is 2.57. The molecule has 14 rings (SSSR count). The Hall–Kier alpha value is -7.00. The van der Waals surface area contributed by atoms with Gasteiger partial charge in [0.2, 0.25) is 0 Å². The summed E-state index contributed by atoms with van der Waals surface area (Å²) in [5.74, 6) is 0. The highest BCUT2D eigenvalue weighted by Crippen LogP contribution is 2.64. The number of benzene rings is 9. The van der Waals surface area contributed by atoms with Gasteiger partial charge >= 0.3 is 0 Å². The van der Waals surface area contributed by atoms with E-state index >= 15 is 0 Å². The molecule has 0 fully saturated rings. The summed E-state index contributed by atoms with van der Waals surface area (Å²) in [6.07, 6.45) is 0. The lowest BCUT2D eigenvalue weighted by atomic mass is 9.70. The molecule has 1 spiro atoms. The lowest BCUT2D eigenvalue weighted by Gasteiger charge is -2.30. The first-order valence-corrected chi connectivity index (χ1v) is 20.7. The molecule has 1 nitrogen and oxygen atoms in total. The van der Waals surface area contributed by atoms with E-state index in [9.17, 15) is 0 Å². The van der Waals surface area contributed by atoms with Gasteiger partial charge in [0, 0.05) is 36.3 Å². The largest absolute Gasteiger partial charge is 0.308 e. The van der Waals surface area contributed by atoms with Crippen LogP contribution in [-0.2, 0) is 5.41 Å². The van der Waals surface area contributed by atoms with Gasteiger partial charge in [-0.05, 0) is 102 Å². The van der Waals surface area contributed by atoms with Crippen molar-refractivity contribution in [3.05, 3.63) is 210 Å². The summed E-state index contributed by atoms with van der Waals surface area (Å²) in [5, 5.41) is 10.4. The number of para-hydroxylation sites is 1. The van der Waals surface area contributed by atoms with E-state index in [0.717, 1.165) is 0 Å². The molecule has 0 radical (unpaired) electrons. The minimum Gasteiger partial charge on any atom is -0.308 e. The fraction of sp³-hybridized carbons (Fsp3) is 0.0182. The number of hydrogen-bond acceptors (Lipinski definition) is 1. The second-order valence-corrected chi connectivity index (χ2v) is 16.9. The van der Waals surface area contributed by atoms with E-state index < -0.39 is 0 Å². The highest BCUT2D eigenvalue weighted by molar-refractivity contribution is 7.26. The summed E-state index contributed by atoms with van der Waals surface area (Å²) in [7, 11) is 0. The molecule has 0 N–H and O–H groups in total. The Balaban J connectivity index is 1.13. The van der Waals surface area contributed by atoms with Gasteiger partial charge in [-0.15, -0.1) is 11.3 Å². The Morgan fingerprint density at radius 1 is 0.351 bits per heavy atom. The van der Waals surface area contributed by atoms with Gasteiger partial charge in [0.15, 0.2) is 0 Å². The quantitative estimate of drug-likeness (QED) is 0.158. The second-order valence-electron chi connectivity index (χ2n) is 15.9. The van der Waals surface area contributed by atoms with Crippen LogP contribution < -0.4 is 0 Å². The maximum Gasteiger partial charge on any atom is 0.0725 e. The molecule has 3 aromatic heterocycles. The fourth-order valence-corrected chi connectivity index (χ4v) is 12.4. The topological polar surface area (TPSA) is 4.41 Å². The Morgan fingerprint density at radius 2 is 0.912 bits per heavy atom. The van der Waals surface area contributed by atoms with Gasteiger partial charge in [0.1, 0.15) is 0 Å². The molecule has 2 heteroatoms. The molecule has 12 aromatic rings. The molecule has 0 saturated heterocycles. The van der Waals surface area contributed by atoms with Crippen molar-refractivity contribution in [3.63, 3.8) is 0 Å². The van der Waals surface area contributed by atoms with Crippen molar-refractivity contribution in [3.8, 4) is 33.4 Å². The molecule has 57 heavy (non-hydrogen) atoms. The molecule has 9 aromatic carbocycles. The van der Waals surface area contributed by atoms with Crippen LogP contribution in [0.5, 0.6) is 0 Å². The predicted molar refractivity (Wildman–Crippen MR) is 242 cm³/mol. The predicted octanol–water partition coefficient (Wildman–Crippen LogP) is 14.9. The lowest BCUT2D eigenvalue weighted by molar-refractivity contribution is 0.794. The number of fused-ring (bicyclic) bond motifs is 18. The number of thiophene rings is 1. The molecule has 3 heterocycles. The van der Waals surface area contributed by atoms with E-state index in [4.69, 9.17) is 0 Å². The Kier molecular flexibility index (Phi) is 5.65. The van der Waals surface area contributed by atoms with Crippen LogP contribution in [0.15, 0.2) is 188 Å². The van der Waals surface area contributed by atoms with Gasteiger partial charge in [0.25, 0.3) is 0 Å². The SMILES string of the molecule is c1ccc2c(c1)-c1ccccc1C21c2ccccc2-c2c(-c3ccc4c(c3)c3ccc5sc6cccc7c8ccccc8c8ccccc8n4c3c5c67)cccc21.